The Bertz CT molecular complexity index is 721. The van der Waals surface area contributed by atoms with Crippen molar-refractivity contribution in [1.82, 2.24) is 10.2 Å². The second-order valence-corrected chi connectivity index (χ2v) is 7.17. The summed E-state index contributed by atoms with van der Waals surface area (Å²) in [6.07, 6.45) is 1.54. The fourth-order valence-corrected chi connectivity index (χ4v) is 4.11. The van der Waals surface area contributed by atoms with Gasteiger partial charge in [0.1, 0.15) is 23.2 Å². The second-order valence-electron chi connectivity index (χ2n) is 5.67. The first kappa shape index (κ1) is 16.5. The van der Waals surface area contributed by atoms with E-state index in [0.717, 1.165) is 0 Å². The summed E-state index contributed by atoms with van der Waals surface area (Å²) in [5.41, 5.74) is 6.55. The largest absolute Gasteiger partial charge is 0.477 e. The summed E-state index contributed by atoms with van der Waals surface area (Å²) in [5.74, 6) is -2.04. The van der Waals surface area contributed by atoms with Crippen LogP contribution in [-0.2, 0) is 14.4 Å². The molecule has 1 fully saturated rings. The van der Waals surface area contributed by atoms with Gasteiger partial charge in [0.05, 0.1) is 0 Å². The van der Waals surface area contributed by atoms with E-state index in [-0.39, 0.29) is 10.9 Å². The molecule has 126 valence electrons. The Hall–Kier alpha value is -2.32. The number of hydrogen-bond donors (Lipinski definition) is 3. The van der Waals surface area contributed by atoms with Crippen LogP contribution in [0.1, 0.15) is 18.5 Å². The lowest BCUT2D eigenvalue weighted by molar-refractivity contribution is -0.150. The van der Waals surface area contributed by atoms with E-state index in [2.05, 4.69) is 5.32 Å². The molecule has 3 unspecified atom stereocenters. The van der Waals surface area contributed by atoms with Crippen molar-refractivity contribution in [2.24, 2.45) is 5.73 Å². The van der Waals surface area contributed by atoms with Gasteiger partial charge in [-0.1, -0.05) is 30.3 Å². The zero-order chi connectivity index (χ0) is 17.4. The fraction of sp³-hybridized carbons (Fsp3) is 0.312. The Kier molecular flexibility index (Phi) is 4.33. The molecule has 0 aliphatic carbocycles. The van der Waals surface area contributed by atoms with Gasteiger partial charge in [0.15, 0.2) is 0 Å². The number of rotatable bonds is 4. The summed E-state index contributed by atoms with van der Waals surface area (Å²) in [6.45, 7) is 1.85. The molecule has 3 rings (SSSR count). The van der Waals surface area contributed by atoms with Crippen molar-refractivity contribution in [2.75, 3.05) is 0 Å². The molecule has 8 heteroatoms. The average molecular weight is 347 g/mol. The molecule has 1 aromatic carbocycles. The number of carbonyl (C=O) groups excluding carboxylic acids is 2. The minimum Gasteiger partial charge on any atom is -0.477 e. The lowest BCUT2D eigenvalue weighted by Gasteiger charge is -2.49. The zero-order valence-electron chi connectivity index (χ0n) is 12.9. The highest BCUT2D eigenvalue weighted by Crippen LogP contribution is 2.40. The number of thioether (sulfide) groups is 1. The number of hydrogen-bond acceptors (Lipinski definition) is 5. The maximum Gasteiger partial charge on any atom is 0.352 e. The Balaban J connectivity index is 1.72. The third-order valence-corrected chi connectivity index (χ3v) is 5.33. The minimum atomic E-state index is -1.15. The van der Waals surface area contributed by atoms with Gasteiger partial charge >= 0.3 is 5.97 Å². The van der Waals surface area contributed by atoms with Crippen LogP contribution in [0, 0.1) is 0 Å². The van der Waals surface area contributed by atoms with E-state index in [1.807, 2.05) is 13.0 Å². The SMILES string of the molecule is CC1C=C(C(=O)O)N2C(=O)C(NC(=O)C(N)c3ccccc3)[C@H]2S1. The van der Waals surface area contributed by atoms with E-state index in [0.29, 0.717) is 5.56 Å². The van der Waals surface area contributed by atoms with E-state index in [9.17, 15) is 19.5 Å². The quantitative estimate of drug-likeness (QED) is 0.682. The fourth-order valence-electron chi connectivity index (χ4n) is 2.78. The highest BCUT2D eigenvalue weighted by atomic mass is 32.2. The van der Waals surface area contributed by atoms with Crippen molar-refractivity contribution in [3.63, 3.8) is 0 Å². The van der Waals surface area contributed by atoms with E-state index in [4.69, 9.17) is 5.73 Å². The maximum atomic E-state index is 12.3. The van der Waals surface area contributed by atoms with Crippen LogP contribution in [0.25, 0.3) is 0 Å². The molecular weight excluding hydrogens is 330 g/mol. The number of aliphatic carboxylic acids is 1. The van der Waals surface area contributed by atoms with Crippen molar-refractivity contribution in [1.29, 1.82) is 0 Å². The summed E-state index contributed by atoms with van der Waals surface area (Å²) in [6, 6.07) is 7.21. The minimum absolute atomic E-state index is 0.0332. The number of nitrogens with one attached hydrogen (secondary N) is 1. The van der Waals surface area contributed by atoms with Gasteiger partial charge in [-0.05, 0) is 18.6 Å². The maximum absolute atomic E-state index is 12.3. The Morgan fingerprint density at radius 3 is 2.62 bits per heavy atom. The van der Waals surface area contributed by atoms with Gasteiger partial charge in [0.25, 0.3) is 5.91 Å². The van der Waals surface area contributed by atoms with Gasteiger partial charge in [-0.15, -0.1) is 11.8 Å². The van der Waals surface area contributed by atoms with Crippen molar-refractivity contribution >= 4 is 29.5 Å². The normalized spacial score (nSPS) is 26.8. The third-order valence-electron chi connectivity index (χ3n) is 4.01. The summed E-state index contributed by atoms with van der Waals surface area (Å²) in [4.78, 5) is 37.1. The number of amides is 2. The molecule has 0 spiro atoms. The monoisotopic (exact) mass is 347 g/mol. The van der Waals surface area contributed by atoms with Crippen LogP contribution >= 0.6 is 11.8 Å². The highest BCUT2D eigenvalue weighted by molar-refractivity contribution is 8.00. The molecule has 2 aliphatic heterocycles. The standard InChI is InChI=1S/C16H17N3O4S/c1-8-7-10(16(22)23)19-14(21)12(15(19)24-8)18-13(20)11(17)9-5-3-2-4-6-9/h2-8,11-12,15H,17H2,1H3,(H,18,20)(H,22,23)/t8?,11?,12?,15-/m1/s1. The molecule has 0 radical (unpaired) electrons. The van der Waals surface area contributed by atoms with Crippen molar-refractivity contribution in [3.8, 4) is 0 Å². The van der Waals surface area contributed by atoms with Crippen LogP contribution in [0.2, 0.25) is 0 Å². The highest BCUT2D eigenvalue weighted by Gasteiger charge is 2.54. The number of β-lactam (4-membered cyclic amide) rings is 1. The van der Waals surface area contributed by atoms with Gasteiger partial charge in [-0.2, -0.15) is 0 Å². The number of carboxylic acid groups (broad SMARTS) is 1. The van der Waals surface area contributed by atoms with Gasteiger partial charge in [-0.25, -0.2) is 4.79 Å². The summed E-state index contributed by atoms with van der Waals surface area (Å²) >= 11 is 1.43. The first-order valence-corrected chi connectivity index (χ1v) is 8.39. The first-order valence-electron chi connectivity index (χ1n) is 7.44. The molecule has 0 saturated carbocycles. The number of fused-ring (bicyclic) bond motifs is 1. The number of nitrogens with zero attached hydrogens (tertiary/aromatic N) is 1. The molecule has 0 bridgehead atoms. The predicted molar refractivity (Wildman–Crippen MR) is 88.7 cm³/mol. The van der Waals surface area contributed by atoms with Gasteiger partial charge in [-0.3, -0.25) is 14.5 Å². The van der Waals surface area contributed by atoms with E-state index in [1.165, 1.54) is 22.7 Å². The molecule has 1 aromatic rings. The summed E-state index contributed by atoms with van der Waals surface area (Å²) in [5, 5.41) is 11.4. The van der Waals surface area contributed by atoms with Crippen LogP contribution in [0.3, 0.4) is 0 Å². The van der Waals surface area contributed by atoms with Crippen LogP contribution in [-0.4, -0.2) is 44.5 Å². The number of carboxylic acids is 1. The van der Waals surface area contributed by atoms with Crippen LogP contribution in [0.4, 0.5) is 0 Å². The van der Waals surface area contributed by atoms with Gasteiger partial charge in [0, 0.05) is 5.25 Å². The number of nitrogens with two attached hydrogens (primary N) is 1. The lowest BCUT2D eigenvalue weighted by Crippen LogP contribution is -2.71. The molecule has 4 N–H and O–H groups in total. The van der Waals surface area contributed by atoms with Crippen LogP contribution in [0.5, 0.6) is 0 Å². The molecule has 0 aromatic heterocycles. The number of carbonyl (C=O) groups is 3. The van der Waals surface area contributed by atoms with Crippen molar-refractivity contribution in [2.45, 2.75) is 29.6 Å². The Labute approximate surface area is 142 Å². The molecule has 2 aliphatic rings. The summed E-state index contributed by atoms with van der Waals surface area (Å²) < 4.78 is 0. The third kappa shape index (κ3) is 2.78. The topological polar surface area (TPSA) is 113 Å². The van der Waals surface area contributed by atoms with E-state index < -0.39 is 35.2 Å². The summed E-state index contributed by atoms with van der Waals surface area (Å²) in [7, 11) is 0. The Morgan fingerprint density at radius 2 is 2.00 bits per heavy atom. The van der Waals surface area contributed by atoms with Gasteiger partial charge < -0.3 is 16.2 Å². The van der Waals surface area contributed by atoms with Crippen molar-refractivity contribution < 1.29 is 19.5 Å². The molecule has 7 nitrogen and oxygen atoms in total. The second kappa shape index (κ2) is 6.29. The number of benzene rings is 1. The average Bonchev–Trinajstić information content (AvgIpc) is 2.58. The molecule has 24 heavy (non-hydrogen) atoms. The molecule has 2 heterocycles. The van der Waals surface area contributed by atoms with Crippen LogP contribution in [0.15, 0.2) is 42.1 Å². The zero-order valence-corrected chi connectivity index (χ0v) is 13.7. The predicted octanol–water partition coefficient (Wildman–Crippen LogP) is 0.443. The lowest BCUT2D eigenvalue weighted by atomic mass is 10.0. The first-order chi connectivity index (χ1) is 11.4. The molecule has 4 atom stereocenters. The molecule has 2 amide bonds. The van der Waals surface area contributed by atoms with Gasteiger partial charge in [0.2, 0.25) is 5.91 Å². The van der Waals surface area contributed by atoms with E-state index in [1.54, 1.807) is 24.3 Å². The van der Waals surface area contributed by atoms with Crippen LogP contribution < -0.4 is 11.1 Å². The Morgan fingerprint density at radius 1 is 1.33 bits per heavy atom. The molecule has 1 saturated heterocycles. The van der Waals surface area contributed by atoms with E-state index >= 15 is 0 Å². The van der Waals surface area contributed by atoms with Crippen molar-refractivity contribution in [3.05, 3.63) is 47.7 Å². The molecular formula is C16H17N3O4S. The smallest absolute Gasteiger partial charge is 0.352 e.